The second-order valence-electron chi connectivity index (χ2n) is 5.93. The quantitative estimate of drug-likeness (QED) is 0.714. The molecule has 0 fully saturated rings. The number of furan rings is 1. The fraction of sp³-hybridized carbons (Fsp3) is 0.278. The number of benzene rings is 1. The maximum absolute atomic E-state index is 12.5. The summed E-state index contributed by atoms with van der Waals surface area (Å²) < 4.78 is 5.03. The number of hydrogen-bond acceptors (Lipinski definition) is 4. The number of amides is 2. The van der Waals surface area contributed by atoms with Gasteiger partial charge in [-0.05, 0) is 35.7 Å². The summed E-state index contributed by atoms with van der Waals surface area (Å²) in [6.45, 7) is 3.63. The molecule has 0 saturated carbocycles. The van der Waals surface area contributed by atoms with Gasteiger partial charge in [-0.2, -0.15) is 0 Å². The van der Waals surface area contributed by atoms with E-state index < -0.39 is 17.9 Å². The molecule has 2 aromatic rings. The maximum atomic E-state index is 12.5. The van der Waals surface area contributed by atoms with Gasteiger partial charge in [0.15, 0.2) is 5.76 Å². The molecule has 2 amide bonds. The van der Waals surface area contributed by atoms with Crippen LogP contribution in [-0.4, -0.2) is 28.9 Å². The largest absolute Gasteiger partial charge is 0.481 e. The first kappa shape index (κ1) is 18.3. The number of carboxylic acid groups (broad SMARTS) is 1. The molecule has 1 unspecified atom stereocenters. The first-order valence-electron chi connectivity index (χ1n) is 7.83. The highest BCUT2D eigenvalue weighted by atomic mass is 16.4. The van der Waals surface area contributed by atoms with E-state index in [1.807, 2.05) is 13.8 Å². The number of rotatable bonds is 7. The average molecular weight is 344 g/mol. The van der Waals surface area contributed by atoms with Crippen LogP contribution in [0.2, 0.25) is 0 Å². The molecular weight excluding hydrogens is 324 g/mol. The molecule has 1 aromatic heterocycles. The van der Waals surface area contributed by atoms with E-state index in [4.69, 9.17) is 9.52 Å². The second kappa shape index (κ2) is 8.14. The van der Waals surface area contributed by atoms with Gasteiger partial charge in [0.1, 0.15) is 6.04 Å². The van der Waals surface area contributed by atoms with Crippen LogP contribution >= 0.6 is 0 Å². The Balaban J connectivity index is 2.07. The first-order valence-corrected chi connectivity index (χ1v) is 7.83. The van der Waals surface area contributed by atoms with Gasteiger partial charge in [-0.1, -0.05) is 26.0 Å². The lowest BCUT2D eigenvalue weighted by Crippen LogP contribution is -2.47. The van der Waals surface area contributed by atoms with Crippen LogP contribution in [0.1, 0.15) is 30.0 Å². The fourth-order valence-electron chi connectivity index (χ4n) is 2.31. The highest BCUT2D eigenvalue weighted by molar-refractivity contribution is 6.00. The highest BCUT2D eigenvalue weighted by Crippen LogP contribution is 2.14. The number of carbonyl (C=O) groups is 3. The van der Waals surface area contributed by atoms with Crippen molar-refractivity contribution in [3.63, 3.8) is 0 Å². The summed E-state index contributed by atoms with van der Waals surface area (Å²) in [5.74, 6) is -1.84. The molecule has 0 spiro atoms. The Bertz CT molecular complexity index is 753. The zero-order chi connectivity index (χ0) is 18.4. The van der Waals surface area contributed by atoms with Crippen LogP contribution in [-0.2, 0) is 16.0 Å². The van der Waals surface area contributed by atoms with Crippen LogP contribution in [0.25, 0.3) is 0 Å². The Labute approximate surface area is 145 Å². The molecule has 0 saturated heterocycles. The molecule has 7 nitrogen and oxygen atoms in total. The number of carbonyl (C=O) groups excluding carboxylic acids is 2. The predicted molar refractivity (Wildman–Crippen MR) is 91.2 cm³/mol. The van der Waals surface area contributed by atoms with Crippen LogP contribution in [0, 0.1) is 5.92 Å². The van der Waals surface area contributed by atoms with Gasteiger partial charge in [-0.15, -0.1) is 0 Å². The molecule has 2 rings (SSSR count). The minimum absolute atomic E-state index is 0.127. The Kier molecular flexibility index (Phi) is 5.94. The van der Waals surface area contributed by atoms with Gasteiger partial charge in [-0.3, -0.25) is 14.4 Å². The van der Waals surface area contributed by atoms with Gasteiger partial charge in [0.05, 0.1) is 12.7 Å². The summed E-state index contributed by atoms with van der Waals surface area (Å²) in [5.41, 5.74) is 1.05. The number of anilines is 1. The van der Waals surface area contributed by atoms with Crippen molar-refractivity contribution in [2.75, 3.05) is 5.32 Å². The normalized spacial score (nSPS) is 11.8. The zero-order valence-electron chi connectivity index (χ0n) is 14.0. The monoisotopic (exact) mass is 344 g/mol. The van der Waals surface area contributed by atoms with E-state index in [9.17, 15) is 14.4 Å². The highest BCUT2D eigenvalue weighted by Gasteiger charge is 2.25. The van der Waals surface area contributed by atoms with Crippen LogP contribution in [0.4, 0.5) is 5.69 Å². The molecule has 0 radical (unpaired) electrons. The van der Waals surface area contributed by atoms with Crippen molar-refractivity contribution >= 4 is 23.5 Å². The summed E-state index contributed by atoms with van der Waals surface area (Å²) in [4.78, 5) is 35.4. The van der Waals surface area contributed by atoms with Crippen molar-refractivity contribution in [2.45, 2.75) is 26.3 Å². The molecule has 132 valence electrons. The second-order valence-corrected chi connectivity index (χ2v) is 5.93. The van der Waals surface area contributed by atoms with Crippen LogP contribution in [0.5, 0.6) is 0 Å². The Morgan fingerprint density at radius 2 is 1.92 bits per heavy atom. The van der Waals surface area contributed by atoms with E-state index in [0.29, 0.717) is 11.3 Å². The Hall–Kier alpha value is -3.09. The number of hydrogen-bond donors (Lipinski definition) is 3. The zero-order valence-corrected chi connectivity index (χ0v) is 14.0. The van der Waals surface area contributed by atoms with Gasteiger partial charge >= 0.3 is 5.97 Å². The van der Waals surface area contributed by atoms with Crippen molar-refractivity contribution in [3.05, 3.63) is 54.0 Å². The lowest BCUT2D eigenvalue weighted by molar-refractivity contribution is -0.136. The molecule has 1 aromatic carbocycles. The average Bonchev–Trinajstić information content (AvgIpc) is 3.06. The van der Waals surface area contributed by atoms with Crippen LogP contribution in [0.3, 0.4) is 0 Å². The summed E-state index contributed by atoms with van der Waals surface area (Å²) in [7, 11) is 0. The maximum Gasteiger partial charge on any atom is 0.307 e. The van der Waals surface area contributed by atoms with Crippen LogP contribution in [0.15, 0.2) is 47.1 Å². The minimum atomic E-state index is -0.950. The number of carboxylic acids is 1. The molecule has 0 aliphatic carbocycles. The molecule has 7 heteroatoms. The summed E-state index contributed by atoms with van der Waals surface area (Å²) in [6, 6.07) is 8.93. The molecular formula is C18H20N2O5. The molecule has 3 N–H and O–H groups in total. The Morgan fingerprint density at radius 3 is 2.52 bits per heavy atom. The fourth-order valence-corrected chi connectivity index (χ4v) is 2.31. The van der Waals surface area contributed by atoms with Crippen molar-refractivity contribution in [1.29, 1.82) is 0 Å². The van der Waals surface area contributed by atoms with E-state index in [-0.39, 0.29) is 24.0 Å². The third-order valence-corrected chi connectivity index (χ3v) is 3.53. The topological polar surface area (TPSA) is 109 Å². The van der Waals surface area contributed by atoms with Crippen molar-refractivity contribution in [3.8, 4) is 0 Å². The molecule has 1 atom stereocenters. The molecule has 0 aliphatic heterocycles. The lowest BCUT2D eigenvalue weighted by Gasteiger charge is -2.21. The lowest BCUT2D eigenvalue weighted by atomic mass is 10.0. The van der Waals surface area contributed by atoms with E-state index >= 15 is 0 Å². The predicted octanol–water partition coefficient (Wildman–Crippen LogP) is 2.30. The number of aliphatic carboxylic acids is 1. The Morgan fingerprint density at radius 1 is 1.16 bits per heavy atom. The third-order valence-electron chi connectivity index (χ3n) is 3.53. The smallest absolute Gasteiger partial charge is 0.307 e. The third kappa shape index (κ3) is 5.20. The molecule has 1 heterocycles. The van der Waals surface area contributed by atoms with Crippen LogP contribution < -0.4 is 10.6 Å². The van der Waals surface area contributed by atoms with Crippen molar-refractivity contribution in [2.24, 2.45) is 5.92 Å². The first-order chi connectivity index (χ1) is 11.9. The summed E-state index contributed by atoms with van der Waals surface area (Å²) in [5, 5.41) is 14.2. The van der Waals surface area contributed by atoms with Gasteiger partial charge in [0.25, 0.3) is 5.91 Å². The summed E-state index contributed by atoms with van der Waals surface area (Å²) in [6.07, 6.45) is 1.25. The van der Waals surface area contributed by atoms with E-state index in [2.05, 4.69) is 10.6 Å². The van der Waals surface area contributed by atoms with Gasteiger partial charge < -0.3 is 20.2 Å². The van der Waals surface area contributed by atoms with E-state index in [1.165, 1.54) is 12.3 Å². The number of nitrogens with one attached hydrogen (secondary N) is 2. The van der Waals surface area contributed by atoms with Crippen molar-refractivity contribution < 1.29 is 23.9 Å². The molecule has 0 bridgehead atoms. The molecule has 25 heavy (non-hydrogen) atoms. The minimum Gasteiger partial charge on any atom is -0.481 e. The van der Waals surface area contributed by atoms with E-state index in [1.54, 1.807) is 30.3 Å². The van der Waals surface area contributed by atoms with Crippen molar-refractivity contribution in [1.82, 2.24) is 5.32 Å². The molecule has 0 aliphatic rings. The summed E-state index contributed by atoms with van der Waals surface area (Å²) >= 11 is 0. The standard InChI is InChI=1S/C18H20N2O5/c1-11(2)16(20-17(23)14-7-4-8-25-14)18(24)19-13-6-3-5-12(9-13)10-15(21)22/h3-9,11,16H,10H2,1-2H3,(H,19,24)(H,20,23)(H,21,22). The van der Waals surface area contributed by atoms with E-state index in [0.717, 1.165) is 0 Å². The van der Waals surface area contributed by atoms with Gasteiger partial charge in [0, 0.05) is 5.69 Å². The SMILES string of the molecule is CC(C)C(NC(=O)c1ccco1)C(=O)Nc1cccc(CC(=O)O)c1. The van der Waals surface area contributed by atoms with Gasteiger partial charge in [0.2, 0.25) is 5.91 Å². The van der Waals surface area contributed by atoms with Gasteiger partial charge in [-0.25, -0.2) is 0 Å².